The Bertz CT molecular complexity index is 1540. The van der Waals surface area contributed by atoms with Crippen LogP contribution in [0.4, 0.5) is 29.2 Å². The zero-order chi connectivity index (χ0) is 24.0. The predicted molar refractivity (Wildman–Crippen MR) is 118 cm³/mol. The van der Waals surface area contributed by atoms with Crippen molar-refractivity contribution in [2.24, 2.45) is 0 Å². The van der Waals surface area contributed by atoms with Gasteiger partial charge in [-0.05, 0) is 24.3 Å². The molecule has 11 heteroatoms. The van der Waals surface area contributed by atoms with Crippen molar-refractivity contribution in [2.45, 2.75) is 6.42 Å². The Morgan fingerprint density at radius 3 is 2.26 bits per heavy atom. The van der Waals surface area contributed by atoms with Crippen LogP contribution in [0.25, 0.3) is 28.0 Å². The number of benzene rings is 2. The highest BCUT2D eigenvalue weighted by Crippen LogP contribution is 2.32. The summed E-state index contributed by atoms with van der Waals surface area (Å²) in [4.78, 5) is 12.2. The van der Waals surface area contributed by atoms with E-state index in [1.165, 1.54) is 16.9 Å². The molecular formula is C23H15F4N7. The van der Waals surface area contributed by atoms with E-state index in [4.69, 9.17) is 11.5 Å². The molecule has 0 aliphatic rings. The van der Waals surface area contributed by atoms with Crippen molar-refractivity contribution >= 4 is 22.5 Å². The predicted octanol–water partition coefficient (Wildman–Crippen LogP) is 4.19. The van der Waals surface area contributed by atoms with Gasteiger partial charge in [-0.1, -0.05) is 18.2 Å². The molecule has 2 aromatic carbocycles. The molecule has 0 spiro atoms. The topological polar surface area (TPSA) is 109 Å². The van der Waals surface area contributed by atoms with Gasteiger partial charge in [0.05, 0.1) is 23.0 Å². The van der Waals surface area contributed by atoms with E-state index in [0.29, 0.717) is 10.9 Å². The fourth-order valence-corrected chi connectivity index (χ4v) is 3.74. The van der Waals surface area contributed by atoms with E-state index in [-0.39, 0.29) is 40.8 Å². The van der Waals surface area contributed by atoms with Crippen molar-refractivity contribution in [1.29, 1.82) is 0 Å². The molecule has 4 N–H and O–H groups in total. The molecule has 0 aliphatic carbocycles. The van der Waals surface area contributed by atoms with E-state index < -0.39 is 28.8 Å². The van der Waals surface area contributed by atoms with Gasteiger partial charge in [0.25, 0.3) is 5.95 Å². The first-order valence-electron chi connectivity index (χ1n) is 9.97. The summed E-state index contributed by atoms with van der Waals surface area (Å²) in [6.07, 6.45) is 2.07. The number of anilines is 2. The van der Waals surface area contributed by atoms with Crippen LogP contribution in [0, 0.1) is 23.3 Å². The number of pyridine rings is 1. The number of hydrogen-bond acceptors (Lipinski definition) is 6. The molecule has 0 bridgehead atoms. The molecule has 0 amide bonds. The molecule has 34 heavy (non-hydrogen) atoms. The van der Waals surface area contributed by atoms with Gasteiger partial charge in [0.1, 0.15) is 23.3 Å². The number of rotatable bonds is 4. The third-order valence-electron chi connectivity index (χ3n) is 5.33. The fraction of sp³-hybridized carbons (Fsp3) is 0.0435. The molecule has 7 nitrogen and oxygen atoms in total. The molecule has 0 saturated carbocycles. The summed E-state index contributed by atoms with van der Waals surface area (Å²) < 4.78 is 57.8. The first kappa shape index (κ1) is 21.3. The van der Waals surface area contributed by atoms with Crippen LogP contribution >= 0.6 is 0 Å². The second kappa shape index (κ2) is 8.10. The van der Waals surface area contributed by atoms with E-state index in [0.717, 1.165) is 18.3 Å². The van der Waals surface area contributed by atoms with Gasteiger partial charge in [0.15, 0.2) is 11.6 Å². The van der Waals surface area contributed by atoms with E-state index in [2.05, 4.69) is 20.1 Å². The molecule has 0 radical (unpaired) electrons. The smallest absolute Gasteiger partial charge is 0.255 e. The minimum atomic E-state index is -1.29. The Balaban J connectivity index is 1.65. The standard InChI is InChI=1S/C23H15F4N7/c24-14-5-6-15(25)20(27)13(14)9-17-12-3-1-2-4-18(12)34(33-17)23-31-21(28)19(22(29)32-23)11-7-8-30-10-16(11)26/h1-8,10H,9H2,(H4,28,29,31,32). The Morgan fingerprint density at radius 1 is 0.824 bits per heavy atom. The van der Waals surface area contributed by atoms with Crippen molar-refractivity contribution in [3.63, 3.8) is 0 Å². The molecule has 5 rings (SSSR count). The van der Waals surface area contributed by atoms with Gasteiger partial charge in [-0.2, -0.15) is 19.7 Å². The number of para-hydroxylation sites is 1. The molecule has 3 aromatic heterocycles. The van der Waals surface area contributed by atoms with Crippen LogP contribution < -0.4 is 11.5 Å². The van der Waals surface area contributed by atoms with E-state index in [1.54, 1.807) is 24.3 Å². The maximum Gasteiger partial charge on any atom is 0.255 e. The molecule has 0 unspecified atom stereocenters. The zero-order valence-corrected chi connectivity index (χ0v) is 17.3. The normalized spacial score (nSPS) is 11.3. The Hall–Kier alpha value is -4.54. The van der Waals surface area contributed by atoms with Crippen LogP contribution in [0.2, 0.25) is 0 Å². The lowest BCUT2D eigenvalue weighted by atomic mass is 10.1. The molecule has 0 fully saturated rings. The fourth-order valence-electron chi connectivity index (χ4n) is 3.74. The van der Waals surface area contributed by atoms with Crippen LogP contribution in [0.5, 0.6) is 0 Å². The number of fused-ring (bicyclic) bond motifs is 1. The minimum absolute atomic E-state index is 0.0316. The molecule has 0 atom stereocenters. The Kier molecular flexibility index (Phi) is 5.08. The largest absolute Gasteiger partial charge is 0.383 e. The molecule has 170 valence electrons. The number of hydrogen-bond donors (Lipinski definition) is 2. The quantitative estimate of drug-likeness (QED) is 0.304. The van der Waals surface area contributed by atoms with Crippen molar-refractivity contribution in [2.75, 3.05) is 11.5 Å². The summed E-state index contributed by atoms with van der Waals surface area (Å²) in [5.41, 5.74) is 12.7. The summed E-state index contributed by atoms with van der Waals surface area (Å²) >= 11 is 0. The number of nitrogen functional groups attached to an aromatic ring is 2. The summed E-state index contributed by atoms with van der Waals surface area (Å²) in [5, 5.41) is 4.95. The lowest BCUT2D eigenvalue weighted by Crippen LogP contribution is -2.11. The van der Waals surface area contributed by atoms with Crippen molar-refractivity contribution < 1.29 is 17.6 Å². The maximum atomic E-state index is 14.3. The average molecular weight is 465 g/mol. The van der Waals surface area contributed by atoms with Crippen molar-refractivity contribution in [1.82, 2.24) is 24.7 Å². The number of nitrogens with zero attached hydrogens (tertiary/aromatic N) is 5. The molecular weight excluding hydrogens is 450 g/mol. The van der Waals surface area contributed by atoms with E-state index in [1.807, 2.05) is 0 Å². The van der Waals surface area contributed by atoms with E-state index in [9.17, 15) is 17.6 Å². The average Bonchev–Trinajstić information content (AvgIpc) is 3.18. The van der Waals surface area contributed by atoms with Gasteiger partial charge in [-0.15, -0.1) is 0 Å². The van der Waals surface area contributed by atoms with Gasteiger partial charge < -0.3 is 11.5 Å². The van der Waals surface area contributed by atoms with Crippen LogP contribution in [0.1, 0.15) is 11.3 Å². The first-order valence-corrected chi connectivity index (χ1v) is 9.97. The Morgan fingerprint density at radius 2 is 1.53 bits per heavy atom. The second-order valence-electron chi connectivity index (χ2n) is 7.40. The highest BCUT2D eigenvalue weighted by Gasteiger charge is 2.21. The zero-order valence-electron chi connectivity index (χ0n) is 17.3. The summed E-state index contributed by atoms with van der Waals surface area (Å²) in [5.74, 6) is -4.23. The summed E-state index contributed by atoms with van der Waals surface area (Å²) in [6, 6.07) is 9.79. The monoisotopic (exact) mass is 465 g/mol. The third kappa shape index (κ3) is 3.47. The third-order valence-corrected chi connectivity index (χ3v) is 5.33. The van der Waals surface area contributed by atoms with E-state index >= 15 is 0 Å². The second-order valence-corrected chi connectivity index (χ2v) is 7.40. The van der Waals surface area contributed by atoms with Crippen LogP contribution in [0.3, 0.4) is 0 Å². The highest BCUT2D eigenvalue weighted by molar-refractivity contribution is 5.85. The summed E-state index contributed by atoms with van der Waals surface area (Å²) in [6.45, 7) is 0. The maximum absolute atomic E-state index is 14.3. The van der Waals surface area contributed by atoms with Gasteiger partial charge >= 0.3 is 0 Å². The van der Waals surface area contributed by atoms with Crippen LogP contribution in [-0.4, -0.2) is 24.7 Å². The molecule has 5 aromatic rings. The highest BCUT2D eigenvalue weighted by atomic mass is 19.2. The SMILES string of the molecule is Nc1nc(-n2nc(Cc3c(F)ccc(F)c3F)c3ccccc32)nc(N)c1-c1ccncc1F. The minimum Gasteiger partial charge on any atom is -0.383 e. The molecule has 0 aliphatic heterocycles. The number of nitrogens with two attached hydrogens (primary N) is 2. The number of halogens is 4. The van der Waals surface area contributed by atoms with Gasteiger partial charge in [0, 0.05) is 29.1 Å². The Labute approximate surface area is 189 Å². The lowest BCUT2D eigenvalue weighted by Gasteiger charge is -2.11. The molecule has 0 saturated heterocycles. The van der Waals surface area contributed by atoms with Gasteiger partial charge in [-0.3, -0.25) is 4.98 Å². The molecule has 3 heterocycles. The van der Waals surface area contributed by atoms with Gasteiger partial charge in [-0.25, -0.2) is 17.6 Å². The van der Waals surface area contributed by atoms with Crippen molar-refractivity contribution in [3.8, 4) is 17.1 Å². The van der Waals surface area contributed by atoms with Gasteiger partial charge in [0.2, 0.25) is 0 Å². The summed E-state index contributed by atoms with van der Waals surface area (Å²) in [7, 11) is 0. The lowest BCUT2D eigenvalue weighted by molar-refractivity contribution is 0.482. The van der Waals surface area contributed by atoms with Crippen molar-refractivity contribution in [3.05, 3.63) is 89.4 Å². The van der Waals surface area contributed by atoms with Crippen LogP contribution in [0.15, 0.2) is 54.9 Å². The first-order chi connectivity index (χ1) is 16.3. The number of aromatic nitrogens is 5. The van der Waals surface area contributed by atoms with Crippen LogP contribution in [-0.2, 0) is 6.42 Å².